The Hall–Kier alpha value is -2.40. The van der Waals surface area contributed by atoms with E-state index >= 15 is 0 Å². The Morgan fingerprint density at radius 1 is 1.05 bits per heavy atom. The van der Waals surface area contributed by atoms with Gasteiger partial charge in [-0.15, -0.1) is 0 Å². The third-order valence-electron chi connectivity index (χ3n) is 3.38. The van der Waals surface area contributed by atoms with Crippen LogP contribution in [0.1, 0.15) is 20.7 Å². The molecule has 0 aromatic heterocycles. The van der Waals surface area contributed by atoms with Crippen molar-refractivity contribution in [1.82, 2.24) is 0 Å². The molecule has 110 valence electrons. The third kappa shape index (κ3) is 2.55. The molecule has 1 aliphatic rings. The number of nitrogens with one attached hydrogen (secondary N) is 1. The summed E-state index contributed by atoms with van der Waals surface area (Å²) in [6.07, 6.45) is 1.33. The van der Waals surface area contributed by atoms with E-state index in [1.54, 1.807) is 18.2 Å². The number of ether oxygens (including phenoxy) is 1. The first-order valence-corrected chi connectivity index (χ1v) is 7.40. The Morgan fingerprint density at radius 2 is 1.77 bits per heavy atom. The summed E-state index contributed by atoms with van der Waals surface area (Å²) >= 11 is 3.35. The van der Waals surface area contributed by atoms with Gasteiger partial charge in [0.15, 0.2) is 5.78 Å². The van der Waals surface area contributed by atoms with Crippen LogP contribution in [-0.2, 0) is 0 Å². The molecule has 1 aliphatic carbocycles. The number of Topliss-reactive ketones (excluding diaryl/α,β-unsaturated/α-hetero) is 1. The maximum atomic E-state index is 12.6. The normalized spacial score (nSPS) is 13.5. The fourth-order valence-electron chi connectivity index (χ4n) is 2.33. The van der Waals surface area contributed by atoms with E-state index in [0.717, 1.165) is 10.2 Å². The van der Waals surface area contributed by atoms with Gasteiger partial charge in [0, 0.05) is 21.8 Å². The van der Waals surface area contributed by atoms with E-state index in [2.05, 4.69) is 21.2 Å². The molecule has 0 spiro atoms. The van der Waals surface area contributed by atoms with Crippen molar-refractivity contribution in [3.63, 3.8) is 0 Å². The van der Waals surface area contributed by atoms with Crippen LogP contribution in [0.15, 0.2) is 58.7 Å². The lowest BCUT2D eigenvalue weighted by Gasteiger charge is -2.18. The second-order valence-electron chi connectivity index (χ2n) is 4.77. The SMILES string of the molecule is COc1cccc2c1C(=O)C(Nc1ccc(Br)cc1)=CC2=O. The number of hydrogen-bond donors (Lipinski definition) is 1. The average molecular weight is 358 g/mol. The number of carbonyl (C=O) groups excluding carboxylic acids is 2. The molecule has 3 rings (SSSR count). The number of ketones is 2. The lowest BCUT2D eigenvalue weighted by atomic mass is 9.91. The minimum Gasteiger partial charge on any atom is -0.496 e. The van der Waals surface area contributed by atoms with Crippen LogP contribution in [0, 0.1) is 0 Å². The van der Waals surface area contributed by atoms with Crippen molar-refractivity contribution < 1.29 is 14.3 Å². The number of carbonyl (C=O) groups is 2. The number of rotatable bonds is 3. The molecule has 0 atom stereocenters. The van der Waals surface area contributed by atoms with E-state index < -0.39 is 0 Å². The third-order valence-corrected chi connectivity index (χ3v) is 3.91. The molecule has 0 amide bonds. The zero-order valence-electron chi connectivity index (χ0n) is 11.7. The molecule has 4 nitrogen and oxygen atoms in total. The van der Waals surface area contributed by atoms with Crippen molar-refractivity contribution in [2.45, 2.75) is 0 Å². The number of hydrogen-bond acceptors (Lipinski definition) is 4. The van der Waals surface area contributed by atoms with Gasteiger partial charge in [0.05, 0.1) is 18.4 Å². The summed E-state index contributed by atoms with van der Waals surface area (Å²) in [7, 11) is 1.48. The molecule has 22 heavy (non-hydrogen) atoms. The van der Waals surface area contributed by atoms with Gasteiger partial charge in [-0.3, -0.25) is 9.59 Å². The largest absolute Gasteiger partial charge is 0.496 e. The molecular formula is C17H12BrNO3. The Kier molecular flexibility index (Phi) is 3.81. The number of allylic oxidation sites excluding steroid dienone is 2. The Labute approximate surface area is 135 Å². The predicted octanol–water partition coefficient (Wildman–Crippen LogP) is 3.83. The molecule has 1 N–H and O–H groups in total. The summed E-state index contributed by atoms with van der Waals surface area (Å²) < 4.78 is 6.15. The number of fused-ring (bicyclic) bond motifs is 1. The maximum absolute atomic E-state index is 12.6. The highest BCUT2D eigenvalue weighted by molar-refractivity contribution is 9.10. The van der Waals surface area contributed by atoms with Crippen molar-refractivity contribution in [3.05, 3.63) is 69.8 Å². The van der Waals surface area contributed by atoms with Gasteiger partial charge in [0.2, 0.25) is 5.78 Å². The molecule has 0 bridgehead atoms. The van der Waals surface area contributed by atoms with E-state index in [1.807, 2.05) is 24.3 Å². The van der Waals surface area contributed by atoms with Crippen molar-refractivity contribution in [2.24, 2.45) is 0 Å². The molecule has 0 saturated carbocycles. The molecule has 0 fully saturated rings. The molecule has 0 aliphatic heterocycles. The number of methoxy groups -OCH3 is 1. The van der Waals surface area contributed by atoms with Crippen molar-refractivity contribution in [1.29, 1.82) is 0 Å². The zero-order valence-corrected chi connectivity index (χ0v) is 13.3. The van der Waals surface area contributed by atoms with Gasteiger partial charge in [-0.25, -0.2) is 0 Å². The van der Waals surface area contributed by atoms with Crippen LogP contribution in [0.3, 0.4) is 0 Å². The fraction of sp³-hybridized carbons (Fsp3) is 0.0588. The van der Waals surface area contributed by atoms with Gasteiger partial charge in [0.1, 0.15) is 5.75 Å². The van der Waals surface area contributed by atoms with Crippen LogP contribution >= 0.6 is 15.9 Å². The first kappa shape index (κ1) is 14.5. The lowest BCUT2D eigenvalue weighted by Crippen LogP contribution is -2.22. The molecule has 2 aromatic carbocycles. The minimum absolute atomic E-state index is 0.215. The fourth-order valence-corrected chi connectivity index (χ4v) is 2.60. The second-order valence-corrected chi connectivity index (χ2v) is 5.68. The second kappa shape index (κ2) is 5.77. The van der Waals surface area contributed by atoms with Crippen LogP contribution < -0.4 is 10.1 Å². The van der Waals surface area contributed by atoms with Crippen LogP contribution in [0.2, 0.25) is 0 Å². The standard InChI is InChI=1S/C17H12BrNO3/c1-22-15-4-2-3-12-14(20)9-13(17(21)16(12)15)19-11-7-5-10(18)6-8-11/h2-9,19H,1H3. The zero-order chi connectivity index (χ0) is 15.7. The van der Waals surface area contributed by atoms with E-state index in [4.69, 9.17) is 4.74 Å². The summed E-state index contributed by atoms with van der Waals surface area (Å²) in [4.78, 5) is 24.9. The number of anilines is 1. The lowest BCUT2D eigenvalue weighted by molar-refractivity contribution is 0.0982. The molecule has 2 aromatic rings. The molecular weight excluding hydrogens is 346 g/mol. The van der Waals surface area contributed by atoms with Gasteiger partial charge < -0.3 is 10.1 Å². The van der Waals surface area contributed by atoms with E-state index in [-0.39, 0.29) is 17.3 Å². The first-order valence-electron chi connectivity index (χ1n) is 6.60. The summed E-state index contributed by atoms with van der Waals surface area (Å²) in [6, 6.07) is 12.3. The van der Waals surface area contributed by atoms with Crippen LogP contribution in [0.4, 0.5) is 5.69 Å². The van der Waals surface area contributed by atoms with E-state index in [0.29, 0.717) is 16.9 Å². The summed E-state index contributed by atoms with van der Waals surface area (Å²) in [5.41, 5.74) is 1.64. The van der Waals surface area contributed by atoms with Gasteiger partial charge in [-0.1, -0.05) is 28.1 Å². The van der Waals surface area contributed by atoms with Gasteiger partial charge in [-0.2, -0.15) is 0 Å². The quantitative estimate of drug-likeness (QED) is 0.906. The first-order chi connectivity index (χ1) is 10.6. The maximum Gasteiger partial charge on any atom is 0.213 e. The van der Waals surface area contributed by atoms with Gasteiger partial charge in [-0.05, 0) is 30.3 Å². The average Bonchev–Trinajstić information content (AvgIpc) is 2.53. The highest BCUT2D eigenvalue weighted by atomic mass is 79.9. The minimum atomic E-state index is -0.255. The number of halogens is 1. The van der Waals surface area contributed by atoms with E-state index in [1.165, 1.54) is 13.2 Å². The highest BCUT2D eigenvalue weighted by Crippen LogP contribution is 2.30. The molecule has 0 radical (unpaired) electrons. The van der Waals surface area contributed by atoms with Crippen LogP contribution in [-0.4, -0.2) is 18.7 Å². The summed E-state index contributed by atoms with van der Waals surface area (Å²) in [5, 5.41) is 2.99. The summed E-state index contributed by atoms with van der Waals surface area (Å²) in [6.45, 7) is 0. The predicted molar refractivity (Wildman–Crippen MR) is 87.5 cm³/mol. The highest BCUT2D eigenvalue weighted by Gasteiger charge is 2.28. The Balaban J connectivity index is 1.99. The molecule has 0 heterocycles. The van der Waals surface area contributed by atoms with Crippen molar-refractivity contribution in [3.8, 4) is 5.75 Å². The van der Waals surface area contributed by atoms with Crippen LogP contribution in [0.25, 0.3) is 0 Å². The molecule has 0 unspecified atom stereocenters. The van der Waals surface area contributed by atoms with Gasteiger partial charge in [0.25, 0.3) is 0 Å². The Morgan fingerprint density at radius 3 is 2.45 bits per heavy atom. The smallest absolute Gasteiger partial charge is 0.213 e. The van der Waals surface area contributed by atoms with Crippen molar-refractivity contribution in [2.75, 3.05) is 12.4 Å². The molecule has 0 saturated heterocycles. The topological polar surface area (TPSA) is 55.4 Å². The van der Waals surface area contributed by atoms with Gasteiger partial charge >= 0.3 is 0 Å². The van der Waals surface area contributed by atoms with Crippen LogP contribution in [0.5, 0.6) is 5.75 Å². The number of benzene rings is 2. The van der Waals surface area contributed by atoms with E-state index in [9.17, 15) is 9.59 Å². The Bertz CT molecular complexity index is 794. The molecule has 5 heteroatoms. The monoisotopic (exact) mass is 357 g/mol. The van der Waals surface area contributed by atoms with Crippen molar-refractivity contribution >= 4 is 33.2 Å². The summed E-state index contributed by atoms with van der Waals surface area (Å²) in [5.74, 6) is -0.0675.